The number of aromatic nitrogens is 1. The molecule has 1 aliphatic carbocycles. The van der Waals surface area contributed by atoms with Gasteiger partial charge in [0.25, 0.3) is 0 Å². The van der Waals surface area contributed by atoms with Gasteiger partial charge in [0, 0.05) is 37.0 Å². The van der Waals surface area contributed by atoms with E-state index in [2.05, 4.69) is 12.2 Å². The Balaban J connectivity index is 1.80. The van der Waals surface area contributed by atoms with Crippen LogP contribution < -0.4 is 15.5 Å². The van der Waals surface area contributed by atoms with E-state index < -0.39 is 23.6 Å². The fourth-order valence-electron chi connectivity index (χ4n) is 4.39. The van der Waals surface area contributed by atoms with Crippen molar-refractivity contribution in [2.45, 2.75) is 32.4 Å². The fraction of sp³-hybridized carbons (Fsp3) is 0.250. The third kappa shape index (κ3) is 3.36. The van der Waals surface area contributed by atoms with Crippen molar-refractivity contribution in [2.75, 3.05) is 6.54 Å². The lowest BCUT2D eigenvalue weighted by molar-refractivity contribution is -0.0486. The summed E-state index contributed by atoms with van der Waals surface area (Å²) in [4.78, 5) is 24.4. The number of hydrogen-bond donors (Lipinski definition) is 2. The van der Waals surface area contributed by atoms with Crippen LogP contribution in [0.2, 0.25) is 0 Å². The molecule has 0 unspecified atom stereocenters. The SMILES string of the molecule is C[C@@H]1CNCc2cc(-c3ccc4c(=O)c(C(=O)O)cn(C5=CC5)c4c3OC(F)F)ccc21. The lowest BCUT2D eigenvalue weighted by Gasteiger charge is -2.24. The number of halogens is 2. The zero-order chi connectivity index (χ0) is 22.6. The Hall–Kier alpha value is -3.52. The van der Waals surface area contributed by atoms with Crippen molar-refractivity contribution < 1.29 is 23.4 Å². The lowest BCUT2D eigenvalue weighted by Crippen LogP contribution is -2.26. The number of rotatable bonds is 5. The molecule has 2 aliphatic rings. The number of allylic oxidation sites excluding steroid dienone is 2. The smallest absolute Gasteiger partial charge is 0.387 e. The Kier molecular flexibility index (Phi) is 4.82. The van der Waals surface area contributed by atoms with Gasteiger partial charge in [0.1, 0.15) is 5.56 Å². The Morgan fingerprint density at radius 3 is 2.75 bits per heavy atom. The van der Waals surface area contributed by atoms with Gasteiger partial charge in [-0.2, -0.15) is 8.78 Å². The third-order valence-corrected chi connectivity index (χ3v) is 6.00. The predicted octanol–water partition coefficient (Wildman–Crippen LogP) is 4.42. The van der Waals surface area contributed by atoms with Crippen LogP contribution in [0.1, 0.15) is 40.7 Å². The molecule has 1 aliphatic heterocycles. The molecule has 6 nitrogen and oxygen atoms in total. The Labute approximate surface area is 181 Å². The minimum Gasteiger partial charge on any atom is -0.477 e. The first-order chi connectivity index (χ1) is 15.3. The summed E-state index contributed by atoms with van der Waals surface area (Å²) in [5, 5.41) is 12.8. The maximum atomic E-state index is 13.5. The van der Waals surface area contributed by atoms with E-state index in [1.807, 2.05) is 24.3 Å². The minimum atomic E-state index is -3.12. The van der Waals surface area contributed by atoms with Crippen LogP contribution in [0.3, 0.4) is 0 Å². The van der Waals surface area contributed by atoms with Crippen LogP contribution >= 0.6 is 0 Å². The van der Waals surface area contributed by atoms with Crippen LogP contribution in [0.5, 0.6) is 5.75 Å². The standard InChI is InChI=1S/C24H20F2N2O4/c1-12-9-27-10-14-8-13(2-5-16(12)14)17-6-7-18-20(22(17)32-24(25)26)28(15-3-4-15)11-19(21(18)29)23(30)31/h2-3,5-8,11-12,24,27H,4,9-10H2,1H3,(H,30,31)/t12-/m1/s1. The summed E-state index contributed by atoms with van der Waals surface area (Å²) in [5.41, 5.74) is 3.08. The summed E-state index contributed by atoms with van der Waals surface area (Å²) in [5.74, 6) is -1.18. The summed E-state index contributed by atoms with van der Waals surface area (Å²) in [6.45, 7) is 0.546. The van der Waals surface area contributed by atoms with Crippen molar-refractivity contribution in [3.63, 3.8) is 0 Å². The van der Waals surface area contributed by atoms with Crippen molar-refractivity contribution in [1.82, 2.24) is 9.88 Å². The van der Waals surface area contributed by atoms with Gasteiger partial charge in [-0.25, -0.2) is 4.79 Å². The molecule has 1 atom stereocenters. The molecule has 0 spiro atoms. The predicted molar refractivity (Wildman–Crippen MR) is 116 cm³/mol. The third-order valence-electron chi connectivity index (χ3n) is 6.00. The molecule has 8 heteroatoms. The van der Waals surface area contributed by atoms with Crippen LogP contribution in [0.15, 0.2) is 47.4 Å². The highest BCUT2D eigenvalue weighted by Gasteiger charge is 2.26. The second-order valence-corrected chi connectivity index (χ2v) is 8.11. The van der Waals surface area contributed by atoms with E-state index in [1.54, 1.807) is 6.07 Å². The Morgan fingerprint density at radius 2 is 2.06 bits per heavy atom. The van der Waals surface area contributed by atoms with Crippen molar-refractivity contribution in [2.24, 2.45) is 0 Å². The van der Waals surface area contributed by atoms with Crippen LogP contribution in [0, 0.1) is 0 Å². The number of nitrogens with one attached hydrogen (secondary N) is 1. The quantitative estimate of drug-likeness (QED) is 0.617. The molecule has 0 saturated carbocycles. The molecule has 2 heterocycles. The number of pyridine rings is 1. The molecule has 32 heavy (non-hydrogen) atoms. The summed E-state index contributed by atoms with van der Waals surface area (Å²) in [6.07, 6.45) is 3.57. The van der Waals surface area contributed by atoms with Gasteiger partial charge in [-0.1, -0.05) is 25.1 Å². The largest absolute Gasteiger partial charge is 0.477 e. The van der Waals surface area contributed by atoms with Crippen LogP contribution in [-0.2, 0) is 6.54 Å². The van der Waals surface area contributed by atoms with Crippen molar-refractivity contribution in [3.8, 4) is 16.9 Å². The van der Waals surface area contributed by atoms with Crippen LogP contribution in [0.4, 0.5) is 8.78 Å². The molecule has 0 bridgehead atoms. The number of aromatic carboxylic acids is 1. The Morgan fingerprint density at radius 1 is 1.28 bits per heavy atom. The number of ether oxygens (including phenoxy) is 1. The van der Waals surface area contributed by atoms with E-state index in [9.17, 15) is 23.5 Å². The first-order valence-electron chi connectivity index (χ1n) is 10.3. The number of benzene rings is 2. The average Bonchev–Trinajstić information content (AvgIpc) is 3.59. The number of fused-ring (bicyclic) bond motifs is 2. The van der Waals surface area contributed by atoms with Gasteiger partial charge in [-0.15, -0.1) is 0 Å². The summed E-state index contributed by atoms with van der Waals surface area (Å²) in [6, 6.07) is 8.83. The van der Waals surface area contributed by atoms with Gasteiger partial charge in [-0.3, -0.25) is 4.79 Å². The molecular formula is C24H20F2N2O4. The summed E-state index contributed by atoms with van der Waals surface area (Å²) < 4.78 is 33.4. The van der Waals surface area contributed by atoms with E-state index in [1.165, 1.54) is 22.4 Å². The monoisotopic (exact) mass is 438 g/mol. The van der Waals surface area contributed by atoms with Crippen LogP contribution in [0.25, 0.3) is 27.7 Å². The maximum Gasteiger partial charge on any atom is 0.387 e. The van der Waals surface area contributed by atoms with E-state index in [-0.39, 0.29) is 16.7 Å². The van der Waals surface area contributed by atoms with Gasteiger partial charge >= 0.3 is 12.6 Å². The first-order valence-corrected chi connectivity index (χ1v) is 10.3. The molecule has 5 rings (SSSR count). The van der Waals surface area contributed by atoms with Crippen molar-refractivity contribution in [1.29, 1.82) is 0 Å². The molecule has 1 aromatic heterocycles. The number of carboxylic acids is 1. The zero-order valence-electron chi connectivity index (χ0n) is 17.2. The van der Waals surface area contributed by atoms with Gasteiger partial charge < -0.3 is 19.7 Å². The second kappa shape index (κ2) is 7.56. The molecule has 0 saturated heterocycles. The molecule has 0 radical (unpaired) electrons. The van der Waals surface area contributed by atoms with Crippen LogP contribution in [-0.4, -0.2) is 28.8 Å². The highest BCUT2D eigenvalue weighted by molar-refractivity contribution is 5.99. The highest BCUT2D eigenvalue weighted by Crippen LogP contribution is 2.41. The molecular weight excluding hydrogens is 418 g/mol. The molecule has 0 amide bonds. The lowest BCUT2D eigenvalue weighted by atomic mass is 9.89. The molecule has 2 aromatic carbocycles. The number of carbonyl (C=O) groups is 1. The minimum absolute atomic E-state index is 0.0188. The number of carboxylic acid groups (broad SMARTS) is 1. The van der Waals surface area contributed by atoms with Crippen molar-refractivity contribution >= 4 is 22.6 Å². The molecule has 2 N–H and O–H groups in total. The topological polar surface area (TPSA) is 80.6 Å². The highest BCUT2D eigenvalue weighted by atomic mass is 19.3. The second-order valence-electron chi connectivity index (χ2n) is 8.11. The van der Waals surface area contributed by atoms with E-state index in [0.717, 1.165) is 17.8 Å². The molecule has 164 valence electrons. The fourth-order valence-corrected chi connectivity index (χ4v) is 4.39. The van der Waals surface area contributed by atoms with E-state index in [4.69, 9.17) is 4.74 Å². The molecule has 3 aromatic rings. The zero-order valence-corrected chi connectivity index (χ0v) is 17.2. The number of alkyl halides is 2. The normalized spacial score (nSPS) is 17.2. The number of nitrogens with zero attached hydrogens (tertiary/aromatic N) is 1. The van der Waals surface area contributed by atoms with Gasteiger partial charge in [-0.05, 0) is 40.8 Å². The summed E-state index contributed by atoms with van der Waals surface area (Å²) >= 11 is 0. The van der Waals surface area contributed by atoms with E-state index >= 15 is 0 Å². The van der Waals surface area contributed by atoms with Gasteiger partial charge in [0.05, 0.1) is 10.9 Å². The number of hydrogen-bond acceptors (Lipinski definition) is 4. The summed E-state index contributed by atoms with van der Waals surface area (Å²) in [7, 11) is 0. The van der Waals surface area contributed by atoms with Gasteiger partial charge in [0.15, 0.2) is 5.75 Å². The van der Waals surface area contributed by atoms with Crippen molar-refractivity contribution in [3.05, 3.63) is 69.5 Å². The average molecular weight is 438 g/mol. The molecule has 0 fully saturated rings. The Bertz CT molecular complexity index is 1360. The van der Waals surface area contributed by atoms with E-state index in [0.29, 0.717) is 30.0 Å². The van der Waals surface area contributed by atoms with Gasteiger partial charge in [0.2, 0.25) is 5.43 Å². The maximum absolute atomic E-state index is 13.5. The first kappa shape index (κ1) is 20.4.